The van der Waals surface area contributed by atoms with Crippen molar-refractivity contribution in [1.82, 2.24) is 4.98 Å². The molecule has 0 saturated heterocycles. The molecule has 0 N–H and O–H groups in total. The van der Waals surface area contributed by atoms with Crippen LogP contribution in [0.15, 0.2) is 69.8 Å². The van der Waals surface area contributed by atoms with Crippen LogP contribution in [0.5, 0.6) is 5.75 Å². The van der Waals surface area contributed by atoms with Crippen LogP contribution < -0.4 is 4.74 Å². The summed E-state index contributed by atoms with van der Waals surface area (Å²) in [7, 11) is 0. The predicted octanol–water partition coefficient (Wildman–Crippen LogP) is 4.68. The zero-order chi connectivity index (χ0) is 13.8. The molecule has 0 aliphatic heterocycles. The first-order valence-corrected chi connectivity index (χ1v) is 6.99. The molecule has 20 heavy (non-hydrogen) atoms. The fourth-order valence-electron chi connectivity index (χ4n) is 1.80. The highest BCUT2D eigenvalue weighted by molar-refractivity contribution is 9.10. The number of rotatable bonds is 4. The molecule has 1 heterocycles. The van der Waals surface area contributed by atoms with Gasteiger partial charge in [-0.15, -0.1) is 0 Å². The second-order valence-electron chi connectivity index (χ2n) is 4.23. The van der Waals surface area contributed by atoms with Gasteiger partial charge < -0.3 is 9.15 Å². The van der Waals surface area contributed by atoms with Crippen molar-refractivity contribution >= 4 is 15.9 Å². The quantitative estimate of drug-likeness (QED) is 0.696. The highest BCUT2D eigenvalue weighted by atomic mass is 79.9. The van der Waals surface area contributed by atoms with E-state index in [-0.39, 0.29) is 0 Å². The first-order chi connectivity index (χ1) is 9.83. The molecule has 3 nitrogen and oxygen atoms in total. The summed E-state index contributed by atoms with van der Waals surface area (Å²) in [4.78, 5) is 4.42. The first-order valence-electron chi connectivity index (χ1n) is 6.20. The predicted molar refractivity (Wildman–Crippen MR) is 80.4 cm³/mol. The van der Waals surface area contributed by atoms with Crippen LogP contribution in [0.3, 0.4) is 0 Å². The van der Waals surface area contributed by atoms with Crippen molar-refractivity contribution in [3.8, 4) is 17.2 Å². The van der Waals surface area contributed by atoms with Crippen LogP contribution in [-0.4, -0.2) is 4.98 Å². The van der Waals surface area contributed by atoms with Gasteiger partial charge in [0, 0.05) is 5.56 Å². The number of nitrogens with zero attached hydrogens (tertiary/aromatic N) is 1. The van der Waals surface area contributed by atoms with Crippen LogP contribution in [0.1, 0.15) is 5.69 Å². The molecule has 0 atom stereocenters. The van der Waals surface area contributed by atoms with Gasteiger partial charge in [-0.1, -0.05) is 30.3 Å². The molecule has 0 spiro atoms. The summed E-state index contributed by atoms with van der Waals surface area (Å²) in [5.74, 6) is 1.40. The van der Waals surface area contributed by atoms with Crippen LogP contribution in [-0.2, 0) is 6.61 Å². The molecular formula is C16H12BrNO2. The zero-order valence-electron chi connectivity index (χ0n) is 10.6. The van der Waals surface area contributed by atoms with E-state index in [1.807, 2.05) is 54.6 Å². The van der Waals surface area contributed by atoms with Gasteiger partial charge in [-0.2, -0.15) is 0 Å². The number of halogens is 1. The van der Waals surface area contributed by atoms with E-state index < -0.39 is 0 Å². The summed E-state index contributed by atoms with van der Waals surface area (Å²) in [5, 5.41) is 0. The molecule has 2 aromatic carbocycles. The highest BCUT2D eigenvalue weighted by Crippen LogP contribution is 2.25. The van der Waals surface area contributed by atoms with Crippen molar-refractivity contribution in [1.29, 1.82) is 0 Å². The Morgan fingerprint density at radius 1 is 1.00 bits per heavy atom. The van der Waals surface area contributed by atoms with E-state index in [9.17, 15) is 0 Å². The maximum atomic E-state index is 5.70. The number of para-hydroxylation sites is 1. The van der Waals surface area contributed by atoms with Crippen LogP contribution in [0.4, 0.5) is 0 Å². The van der Waals surface area contributed by atoms with Crippen LogP contribution in [0, 0.1) is 0 Å². The molecule has 0 fully saturated rings. The summed E-state index contributed by atoms with van der Waals surface area (Å²) in [5.41, 5.74) is 1.72. The molecule has 0 saturated carbocycles. The molecule has 0 aliphatic carbocycles. The van der Waals surface area contributed by atoms with Gasteiger partial charge in [-0.05, 0) is 40.2 Å². The normalized spacial score (nSPS) is 10.4. The molecule has 4 heteroatoms. The molecule has 0 radical (unpaired) electrons. The average molecular weight is 330 g/mol. The summed E-state index contributed by atoms with van der Waals surface area (Å²) >= 11 is 3.44. The lowest BCUT2D eigenvalue weighted by Gasteiger charge is -2.05. The fourth-order valence-corrected chi connectivity index (χ4v) is 2.20. The van der Waals surface area contributed by atoms with Crippen LogP contribution in [0.25, 0.3) is 11.5 Å². The van der Waals surface area contributed by atoms with E-state index in [0.29, 0.717) is 12.5 Å². The molecule has 0 unspecified atom stereocenters. The maximum absolute atomic E-state index is 5.70. The molecule has 0 aliphatic rings. The van der Waals surface area contributed by atoms with E-state index in [1.54, 1.807) is 6.26 Å². The lowest BCUT2D eigenvalue weighted by Crippen LogP contribution is -1.96. The Bertz CT molecular complexity index is 694. The molecule has 100 valence electrons. The summed E-state index contributed by atoms with van der Waals surface area (Å²) in [6.07, 6.45) is 1.62. The van der Waals surface area contributed by atoms with Gasteiger partial charge in [0.1, 0.15) is 24.3 Å². The third-order valence-corrected chi connectivity index (χ3v) is 3.44. The van der Waals surface area contributed by atoms with Gasteiger partial charge >= 0.3 is 0 Å². The number of aromatic nitrogens is 1. The van der Waals surface area contributed by atoms with E-state index in [1.165, 1.54) is 0 Å². The van der Waals surface area contributed by atoms with E-state index in [4.69, 9.17) is 9.15 Å². The van der Waals surface area contributed by atoms with Gasteiger partial charge in [-0.25, -0.2) is 4.98 Å². The minimum atomic E-state index is 0.374. The van der Waals surface area contributed by atoms with Gasteiger partial charge in [0.15, 0.2) is 0 Å². The molecule has 3 rings (SSSR count). The Hall–Kier alpha value is -2.07. The smallest absolute Gasteiger partial charge is 0.226 e. The number of ether oxygens (including phenoxy) is 1. The second-order valence-corrected chi connectivity index (χ2v) is 5.08. The number of oxazole rings is 1. The SMILES string of the molecule is Brc1ccccc1OCc1coc(-c2ccccc2)n1. The van der Waals surface area contributed by atoms with E-state index >= 15 is 0 Å². The Morgan fingerprint density at radius 2 is 1.75 bits per heavy atom. The third kappa shape index (κ3) is 2.91. The summed E-state index contributed by atoms with van der Waals surface area (Å²) in [6.45, 7) is 0.374. The van der Waals surface area contributed by atoms with Crippen LogP contribution >= 0.6 is 15.9 Å². The Labute approximate surface area is 125 Å². The standard InChI is InChI=1S/C16H12BrNO2/c17-14-8-4-5-9-15(14)19-10-13-11-20-16(18-13)12-6-2-1-3-7-12/h1-9,11H,10H2. The van der Waals surface area contributed by atoms with E-state index in [2.05, 4.69) is 20.9 Å². The average Bonchev–Trinajstić information content (AvgIpc) is 2.96. The minimum Gasteiger partial charge on any atom is -0.486 e. The minimum absolute atomic E-state index is 0.374. The Kier molecular flexibility index (Phi) is 3.83. The molecule has 0 amide bonds. The molecule has 0 bridgehead atoms. The van der Waals surface area contributed by atoms with Crippen molar-refractivity contribution < 1.29 is 9.15 Å². The molecule has 3 aromatic rings. The van der Waals surface area contributed by atoms with Gasteiger partial charge in [0.2, 0.25) is 5.89 Å². The number of hydrogen-bond acceptors (Lipinski definition) is 3. The molecule has 1 aromatic heterocycles. The molecular weight excluding hydrogens is 318 g/mol. The largest absolute Gasteiger partial charge is 0.486 e. The van der Waals surface area contributed by atoms with E-state index in [0.717, 1.165) is 21.5 Å². The first kappa shape index (κ1) is 12.9. The maximum Gasteiger partial charge on any atom is 0.226 e. The van der Waals surface area contributed by atoms with Crippen LogP contribution in [0.2, 0.25) is 0 Å². The van der Waals surface area contributed by atoms with Gasteiger partial charge in [-0.3, -0.25) is 0 Å². The lowest BCUT2D eigenvalue weighted by atomic mass is 10.2. The highest BCUT2D eigenvalue weighted by Gasteiger charge is 2.07. The van der Waals surface area contributed by atoms with Crippen molar-refractivity contribution in [3.63, 3.8) is 0 Å². The second kappa shape index (κ2) is 5.92. The topological polar surface area (TPSA) is 35.3 Å². The summed E-state index contributed by atoms with van der Waals surface area (Å²) < 4.78 is 12.1. The van der Waals surface area contributed by atoms with Crippen molar-refractivity contribution in [3.05, 3.63) is 71.0 Å². The van der Waals surface area contributed by atoms with Crippen molar-refractivity contribution in [2.24, 2.45) is 0 Å². The third-order valence-electron chi connectivity index (χ3n) is 2.78. The Balaban J connectivity index is 1.71. The van der Waals surface area contributed by atoms with Crippen molar-refractivity contribution in [2.75, 3.05) is 0 Å². The fraction of sp³-hybridized carbons (Fsp3) is 0.0625. The van der Waals surface area contributed by atoms with Crippen molar-refractivity contribution in [2.45, 2.75) is 6.61 Å². The summed E-state index contributed by atoms with van der Waals surface area (Å²) in [6, 6.07) is 17.5. The number of hydrogen-bond donors (Lipinski definition) is 0. The monoisotopic (exact) mass is 329 g/mol. The zero-order valence-corrected chi connectivity index (χ0v) is 12.2. The van der Waals surface area contributed by atoms with Gasteiger partial charge in [0.25, 0.3) is 0 Å². The Morgan fingerprint density at radius 3 is 2.55 bits per heavy atom. The number of benzene rings is 2. The van der Waals surface area contributed by atoms with Gasteiger partial charge in [0.05, 0.1) is 4.47 Å². The lowest BCUT2D eigenvalue weighted by molar-refractivity contribution is 0.299.